The van der Waals surface area contributed by atoms with Gasteiger partial charge in [0.2, 0.25) is 0 Å². The lowest BCUT2D eigenvalue weighted by atomic mass is 9.98. The molecule has 6 nitrogen and oxygen atoms in total. The van der Waals surface area contributed by atoms with E-state index in [4.69, 9.17) is 0 Å². The molecule has 0 radical (unpaired) electrons. The number of benzene rings is 3. The van der Waals surface area contributed by atoms with Gasteiger partial charge in [-0.2, -0.15) is 0 Å². The number of hydrogen-bond acceptors (Lipinski definition) is 5. The minimum Gasteiger partial charge on any atom is -0.480 e. The van der Waals surface area contributed by atoms with E-state index in [1.807, 2.05) is 43.3 Å². The molecule has 0 unspecified atom stereocenters. The third-order valence-corrected chi connectivity index (χ3v) is 6.52. The van der Waals surface area contributed by atoms with E-state index in [1.54, 1.807) is 32.0 Å². The van der Waals surface area contributed by atoms with Crippen LogP contribution in [0.25, 0.3) is 21.3 Å². The Morgan fingerprint density at radius 3 is 2.35 bits per heavy atom. The van der Waals surface area contributed by atoms with Crippen LogP contribution in [0.4, 0.5) is 15.2 Å². The Bertz CT molecular complexity index is 1370. The fourth-order valence-corrected chi connectivity index (χ4v) is 4.56. The number of aryl methyl sites for hydroxylation is 1. The molecule has 0 bridgehead atoms. The van der Waals surface area contributed by atoms with E-state index < -0.39 is 17.9 Å². The first-order chi connectivity index (χ1) is 16.2. The molecule has 8 heteroatoms. The second kappa shape index (κ2) is 9.61. The molecule has 34 heavy (non-hydrogen) atoms. The number of carbonyl (C=O) groups excluding carboxylic acids is 1. The molecule has 0 aliphatic heterocycles. The Balaban J connectivity index is 1.49. The van der Waals surface area contributed by atoms with E-state index in [1.165, 1.54) is 17.4 Å². The number of carbonyl (C=O) groups is 2. The molecular formula is C26H24FN3O3S. The van der Waals surface area contributed by atoms with E-state index in [0.717, 1.165) is 22.4 Å². The Morgan fingerprint density at radius 1 is 1.03 bits per heavy atom. The summed E-state index contributed by atoms with van der Waals surface area (Å²) in [5.74, 6) is -1.97. The zero-order valence-corrected chi connectivity index (χ0v) is 19.7. The molecule has 1 heterocycles. The van der Waals surface area contributed by atoms with Gasteiger partial charge in [0, 0.05) is 11.3 Å². The molecule has 0 saturated carbocycles. The number of rotatable bonds is 7. The number of aliphatic carboxylic acids is 1. The summed E-state index contributed by atoms with van der Waals surface area (Å²) in [5, 5.41) is 15.7. The molecule has 3 N–H and O–H groups in total. The van der Waals surface area contributed by atoms with E-state index >= 15 is 0 Å². The van der Waals surface area contributed by atoms with Crippen molar-refractivity contribution in [1.29, 1.82) is 0 Å². The van der Waals surface area contributed by atoms with Crippen molar-refractivity contribution in [2.75, 3.05) is 5.32 Å². The van der Waals surface area contributed by atoms with Crippen molar-refractivity contribution in [2.45, 2.75) is 26.8 Å². The van der Waals surface area contributed by atoms with Crippen LogP contribution in [0.5, 0.6) is 0 Å². The molecule has 0 aliphatic rings. The maximum absolute atomic E-state index is 13.9. The number of aromatic nitrogens is 1. The second-order valence-corrected chi connectivity index (χ2v) is 9.37. The van der Waals surface area contributed by atoms with Crippen molar-refractivity contribution in [2.24, 2.45) is 5.92 Å². The van der Waals surface area contributed by atoms with Gasteiger partial charge in [0.25, 0.3) is 5.91 Å². The molecule has 1 amide bonds. The predicted molar refractivity (Wildman–Crippen MR) is 133 cm³/mol. The first-order valence-electron chi connectivity index (χ1n) is 10.8. The lowest BCUT2D eigenvalue weighted by Gasteiger charge is -2.18. The van der Waals surface area contributed by atoms with Crippen LogP contribution in [0.2, 0.25) is 0 Å². The molecule has 4 rings (SSSR count). The van der Waals surface area contributed by atoms with E-state index in [0.29, 0.717) is 20.9 Å². The van der Waals surface area contributed by atoms with Gasteiger partial charge in [0.05, 0.1) is 10.2 Å². The first kappa shape index (κ1) is 23.4. The number of amides is 1. The average Bonchev–Trinajstić information content (AvgIpc) is 3.21. The Hall–Kier alpha value is -3.78. The third kappa shape index (κ3) is 4.92. The van der Waals surface area contributed by atoms with Gasteiger partial charge in [-0.05, 0) is 59.9 Å². The Morgan fingerprint density at radius 2 is 1.74 bits per heavy atom. The molecule has 3 aromatic carbocycles. The van der Waals surface area contributed by atoms with Crippen LogP contribution in [-0.2, 0) is 4.79 Å². The molecule has 4 aromatic rings. The highest BCUT2D eigenvalue weighted by atomic mass is 32.1. The summed E-state index contributed by atoms with van der Waals surface area (Å²) in [7, 11) is 0. The molecule has 0 fully saturated rings. The molecular weight excluding hydrogens is 453 g/mol. The quantitative estimate of drug-likeness (QED) is 0.304. The number of hydrogen-bond donors (Lipinski definition) is 3. The molecule has 174 valence electrons. The van der Waals surface area contributed by atoms with Crippen molar-refractivity contribution >= 4 is 44.2 Å². The highest BCUT2D eigenvalue weighted by Crippen LogP contribution is 2.31. The topological polar surface area (TPSA) is 91.3 Å². The lowest BCUT2D eigenvalue weighted by Crippen LogP contribution is -2.44. The highest BCUT2D eigenvalue weighted by molar-refractivity contribution is 7.22. The summed E-state index contributed by atoms with van der Waals surface area (Å²) in [5.41, 5.74) is 4.53. The van der Waals surface area contributed by atoms with Gasteiger partial charge in [-0.1, -0.05) is 55.5 Å². The van der Waals surface area contributed by atoms with Crippen LogP contribution in [0.15, 0.2) is 60.7 Å². The van der Waals surface area contributed by atoms with Crippen LogP contribution in [-0.4, -0.2) is 28.0 Å². The summed E-state index contributed by atoms with van der Waals surface area (Å²) >= 11 is 1.26. The number of fused-ring (bicyclic) bond motifs is 1. The number of anilines is 2. The molecule has 0 spiro atoms. The van der Waals surface area contributed by atoms with Crippen molar-refractivity contribution < 1.29 is 19.1 Å². The van der Waals surface area contributed by atoms with Gasteiger partial charge >= 0.3 is 5.97 Å². The number of carboxylic acid groups (broad SMARTS) is 1. The van der Waals surface area contributed by atoms with Crippen LogP contribution in [0, 0.1) is 18.7 Å². The first-order valence-corrected chi connectivity index (χ1v) is 11.6. The summed E-state index contributed by atoms with van der Waals surface area (Å²) in [6.07, 6.45) is 0. The molecule has 1 aromatic heterocycles. The SMILES string of the molecule is Cc1cc(-c2ccc(Nc3nc4cccc(F)c4s3)cc2)ccc1C(=O)N[C@H](C(=O)O)C(C)C. The predicted octanol–water partition coefficient (Wildman–Crippen LogP) is 5.99. The number of carboxylic acids is 1. The number of thiazole rings is 1. The van der Waals surface area contributed by atoms with Gasteiger partial charge in [-0.25, -0.2) is 14.2 Å². The molecule has 1 atom stereocenters. The largest absolute Gasteiger partial charge is 0.480 e. The summed E-state index contributed by atoms with van der Waals surface area (Å²) in [6, 6.07) is 17.1. The van der Waals surface area contributed by atoms with E-state index in [2.05, 4.69) is 15.6 Å². The van der Waals surface area contributed by atoms with E-state index in [9.17, 15) is 19.1 Å². The summed E-state index contributed by atoms with van der Waals surface area (Å²) in [6.45, 7) is 5.33. The van der Waals surface area contributed by atoms with Gasteiger partial charge in [-0.15, -0.1) is 0 Å². The van der Waals surface area contributed by atoms with Crippen LogP contribution in [0.1, 0.15) is 29.8 Å². The summed E-state index contributed by atoms with van der Waals surface area (Å²) < 4.78 is 14.4. The highest BCUT2D eigenvalue weighted by Gasteiger charge is 2.24. The number of halogens is 1. The van der Waals surface area contributed by atoms with Crippen molar-refractivity contribution in [3.05, 3.63) is 77.6 Å². The molecule has 0 saturated heterocycles. The monoisotopic (exact) mass is 477 g/mol. The number of nitrogens with one attached hydrogen (secondary N) is 2. The normalized spacial score (nSPS) is 12.0. The molecule has 0 aliphatic carbocycles. The van der Waals surface area contributed by atoms with Crippen molar-refractivity contribution in [3.63, 3.8) is 0 Å². The van der Waals surface area contributed by atoms with Gasteiger partial charge < -0.3 is 15.7 Å². The zero-order valence-electron chi connectivity index (χ0n) is 18.9. The lowest BCUT2D eigenvalue weighted by molar-refractivity contribution is -0.140. The summed E-state index contributed by atoms with van der Waals surface area (Å²) in [4.78, 5) is 28.4. The average molecular weight is 478 g/mol. The van der Waals surface area contributed by atoms with Crippen LogP contribution in [0.3, 0.4) is 0 Å². The van der Waals surface area contributed by atoms with Crippen molar-refractivity contribution in [1.82, 2.24) is 10.3 Å². The van der Waals surface area contributed by atoms with E-state index in [-0.39, 0.29) is 11.7 Å². The Kier molecular flexibility index (Phi) is 6.61. The fraction of sp³-hybridized carbons (Fsp3) is 0.192. The minimum absolute atomic E-state index is 0.227. The van der Waals surface area contributed by atoms with Crippen LogP contribution >= 0.6 is 11.3 Å². The maximum atomic E-state index is 13.9. The van der Waals surface area contributed by atoms with Crippen LogP contribution < -0.4 is 10.6 Å². The maximum Gasteiger partial charge on any atom is 0.326 e. The van der Waals surface area contributed by atoms with Gasteiger partial charge in [0.15, 0.2) is 5.13 Å². The van der Waals surface area contributed by atoms with Gasteiger partial charge in [0.1, 0.15) is 11.9 Å². The second-order valence-electron chi connectivity index (χ2n) is 8.37. The zero-order chi connectivity index (χ0) is 24.4. The smallest absolute Gasteiger partial charge is 0.326 e. The number of nitrogens with zero attached hydrogens (tertiary/aromatic N) is 1. The van der Waals surface area contributed by atoms with Crippen molar-refractivity contribution in [3.8, 4) is 11.1 Å². The minimum atomic E-state index is -1.05. The third-order valence-electron chi connectivity index (χ3n) is 5.53. The fourth-order valence-electron chi connectivity index (χ4n) is 3.67. The Labute approximate surface area is 200 Å². The van der Waals surface area contributed by atoms with Gasteiger partial charge in [-0.3, -0.25) is 4.79 Å². The standard InChI is InChI=1S/C26H24FN3O3S/c1-14(2)22(25(32)33)30-24(31)19-12-9-17(13-15(19)3)16-7-10-18(11-8-16)28-26-29-21-6-4-5-20(27)23(21)34-26/h4-14,22H,1-3H3,(H,28,29)(H,30,31)(H,32,33)/t22-/m0/s1.